The summed E-state index contributed by atoms with van der Waals surface area (Å²) in [5.74, 6) is 2.39. The third kappa shape index (κ3) is 2.34. The van der Waals surface area contributed by atoms with Gasteiger partial charge < -0.3 is 4.74 Å². The zero-order valence-corrected chi connectivity index (χ0v) is 11.3. The lowest BCUT2D eigenvalue weighted by Crippen LogP contribution is -2.28. The molecule has 92 valence electrons. The van der Waals surface area contributed by atoms with Gasteiger partial charge in [0, 0.05) is 16.9 Å². The van der Waals surface area contributed by atoms with E-state index in [0.29, 0.717) is 12.5 Å². The SMILES string of the molecule is CCOc1cccc2c1CSC(C(C)C)C2=O. The maximum absolute atomic E-state index is 12.3. The average Bonchev–Trinajstić information content (AvgIpc) is 2.30. The number of hydrogen-bond acceptors (Lipinski definition) is 3. The van der Waals surface area contributed by atoms with Crippen molar-refractivity contribution >= 4 is 17.5 Å². The Balaban J connectivity index is 2.37. The van der Waals surface area contributed by atoms with Crippen LogP contribution in [0.15, 0.2) is 18.2 Å². The van der Waals surface area contributed by atoms with Gasteiger partial charge in [-0.15, -0.1) is 11.8 Å². The van der Waals surface area contributed by atoms with E-state index in [1.807, 2.05) is 25.1 Å². The summed E-state index contributed by atoms with van der Waals surface area (Å²) in [6.07, 6.45) is 0. The first-order valence-electron chi connectivity index (χ1n) is 6.05. The van der Waals surface area contributed by atoms with Crippen molar-refractivity contribution in [2.45, 2.75) is 31.8 Å². The Morgan fingerprint density at radius 3 is 2.88 bits per heavy atom. The Bertz CT molecular complexity index is 426. The molecule has 0 amide bonds. The maximum atomic E-state index is 12.3. The Labute approximate surface area is 107 Å². The second kappa shape index (κ2) is 5.13. The lowest BCUT2D eigenvalue weighted by Gasteiger charge is -2.26. The molecule has 0 fully saturated rings. The van der Waals surface area contributed by atoms with Crippen LogP contribution in [0.25, 0.3) is 0 Å². The molecule has 1 heterocycles. The van der Waals surface area contributed by atoms with E-state index in [1.165, 1.54) is 0 Å². The minimum Gasteiger partial charge on any atom is -0.494 e. The van der Waals surface area contributed by atoms with Gasteiger partial charge in [0.25, 0.3) is 0 Å². The predicted octanol–water partition coefficient (Wildman–Crippen LogP) is 3.54. The fourth-order valence-electron chi connectivity index (χ4n) is 2.13. The second-order valence-electron chi connectivity index (χ2n) is 4.56. The summed E-state index contributed by atoms with van der Waals surface area (Å²) in [7, 11) is 0. The molecule has 0 aliphatic carbocycles. The van der Waals surface area contributed by atoms with Crippen LogP contribution in [0.2, 0.25) is 0 Å². The van der Waals surface area contributed by atoms with Gasteiger partial charge in [0.15, 0.2) is 5.78 Å². The molecule has 0 saturated carbocycles. The second-order valence-corrected chi connectivity index (χ2v) is 5.69. The molecule has 1 aliphatic heterocycles. The van der Waals surface area contributed by atoms with Crippen molar-refractivity contribution in [1.29, 1.82) is 0 Å². The van der Waals surface area contributed by atoms with Gasteiger partial charge in [0.05, 0.1) is 11.9 Å². The van der Waals surface area contributed by atoms with Crippen LogP contribution in [-0.2, 0) is 5.75 Å². The molecule has 1 aromatic carbocycles. The summed E-state index contributed by atoms with van der Waals surface area (Å²) < 4.78 is 5.58. The number of Topliss-reactive ketones (excluding diaryl/α,β-unsaturated/α-hetero) is 1. The van der Waals surface area contributed by atoms with E-state index in [0.717, 1.165) is 22.6 Å². The van der Waals surface area contributed by atoms with Gasteiger partial charge in [0.1, 0.15) is 5.75 Å². The molecule has 1 atom stereocenters. The molecule has 1 unspecified atom stereocenters. The summed E-state index contributed by atoms with van der Waals surface area (Å²) in [5, 5.41) is 0.0966. The van der Waals surface area contributed by atoms with Crippen LogP contribution in [0.5, 0.6) is 5.75 Å². The number of fused-ring (bicyclic) bond motifs is 1. The van der Waals surface area contributed by atoms with Crippen LogP contribution >= 0.6 is 11.8 Å². The Kier molecular flexibility index (Phi) is 3.77. The van der Waals surface area contributed by atoms with Gasteiger partial charge in [-0.2, -0.15) is 0 Å². The summed E-state index contributed by atoms with van der Waals surface area (Å²) in [6.45, 7) is 6.82. The first kappa shape index (κ1) is 12.5. The lowest BCUT2D eigenvalue weighted by atomic mass is 9.96. The van der Waals surface area contributed by atoms with E-state index in [9.17, 15) is 4.79 Å². The first-order valence-corrected chi connectivity index (χ1v) is 7.10. The molecule has 2 rings (SSSR count). The Morgan fingerprint density at radius 2 is 2.24 bits per heavy atom. The topological polar surface area (TPSA) is 26.3 Å². The van der Waals surface area contributed by atoms with E-state index in [4.69, 9.17) is 4.74 Å². The highest BCUT2D eigenvalue weighted by molar-refractivity contribution is 8.00. The zero-order chi connectivity index (χ0) is 12.4. The lowest BCUT2D eigenvalue weighted by molar-refractivity contribution is 0.0972. The largest absolute Gasteiger partial charge is 0.494 e. The maximum Gasteiger partial charge on any atom is 0.176 e. The van der Waals surface area contributed by atoms with Crippen LogP contribution < -0.4 is 4.74 Å². The van der Waals surface area contributed by atoms with Gasteiger partial charge in [-0.1, -0.05) is 26.0 Å². The molecule has 0 bridgehead atoms. The number of ether oxygens (including phenoxy) is 1. The minimum atomic E-state index is 0.0966. The number of thioether (sulfide) groups is 1. The molecule has 2 nitrogen and oxygen atoms in total. The highest BCUT2D eigenvalue weighted by Crippen LogP contribution is 2.38. The number of carbonyl (C=O) groups is 1. The molecule has 0 spiro atoms. The van der Waals surface area contributed by atoms with Crippen molar-refractivity contribution < 1.29 is 9.53 Å². The molecule has 3 heteroatoms. The van der Waals surface area contributed by atoms with Crippen molar-refractivity contribution in [2.24, 2.45) is 5.92 Å². The van der Waals surface area contributed by atoms with Gasteiger partial charge in [-0.3, -0.25) is 4.79 Å². The van der Waals surface area contributed by atoms with E-state index >= 15 is 0 Å². The number of carbonyl (C=O) groups excluding carboxylic acids is 1. The quantitative estimate of drug-likeness (QED) is 0.820. The number of ketones is 1. The fraction of sp³-hybridized carbons (Fsp3) is 0.500. The normalized spacial score (nSPS) is 19.3. The van der Waals surface area contributed by atoms with Crippen molar-refractivity contribution in [3.05, 3.63) is 29.3 Å². The van der Waals surface area contributed by atoms with Gasteiger partial charge in [-0.25, -0.2) is 0 Å². The molecular weight excluding hydrogens is 232 g/mol. The van der Waals surface area contributed by atoms with E-state index in [-0.39, 0.29) is 11.0 Å². The minimum absolute atomic E-state index is 0.0966. The van der Waals surface area contributed by atoms with E-state index in [2.05, 4.69) is 13.8 Å². The molecule has 17 heavy (non-hydrogen) atoms. The summed E-state index contributed by atoms with van der Waals surface area (Å²) >= 11 is 1.73. The third-order valence-corrected chi connectivity index (χ3v) is 4.54. The van der Waals surface area contributed by atoms with Crippen molar-refractivity contribution in [1.82, 2.24) is 0 Å². The summed E-state index contributed by atoms with van der Waals surface area (Å²) in [5.41, 5.74) is 1.93. The van der Waals surface area contributed by atoms with E-state index in [1.54, 1.807) is 11.8 Å². The van der Waals surface area contributed by atoms with Crippen LogP contribution in [0.1, 0.15) is 36.7 Å². The first-order chi connectivity index (χ1) is 8.15. The molecule has 1 aliphatic rings. The van der Waals surface area contributed by atoms with Gasteiger partial charge in [0.2, 0.25) is 0 Å². The van der Waals surface area contributed by atoms with Gasteiger partial charge in [-0.05, 0) is 18.9 Å². The van der Waals surface area contributed by atoms with Crippen molar-refractivity contribution in [2.75, 3.05) is 6.61 Å². The number of rotatable bonds is 3. The average molecular weight is 250 g/mol. The van der Waals surface area contributed by atoms with Crippen LogP contribution in [0.4, 0.5) is 0 Å². The van der Waals surface area contributed by atoms with Crippen LogP contribution in [0, 0.1) is 5.92 Å². The Morgan fingerprint density at radius 1 is 1.47 bits per heavy atom. The highest BCUT2D eigenvalue weighted by atomic mass is 32.2. The van der Waals surface area contributed by atoms with Gasteiger partial charge >= 0.3 is 0 Å². The Hall–Kier alpha value is -0.960. The number of benzene rings is 1. The van der Waals surface area contributed by atoms with Crippen molar-refractivity contribution in [3.8, 4) is 5.75 Å². The van der Waals surface area contributed by atoms with Crippen LogP contribution in [0.3, 0.4) is 0 Å². The zero-order valence-electron chi connectivity index (χ0n) is 10.5. The summed E-state index contributed by atoms with van der Waals surface area (Å²) in [6, 6.07) is 5.79. The van der Waals surface area contributed by atoms with Crippen molar-refractivity contribution in [3.63, 3.8) is 0 Å². The highest BCUT2D eigenvalue weighted by Gasteiger charge is 2.31. The fourth-order valence-corrected chi connectivity index (χ4v) is 3.44. The molecule has 0 saturated heterocycles. The van der Waals surface area contributed by atoms with E-state index < -0.39 is 0 Å². The summed E-state index contributed by atoms with van der Waals surface area (Å²) in [4.78, 5) is 12.3. The molecular formula is C14H18O2S. The smallest absolute Gasteiger partial charge is 0.176 e. The predicted molar refractivity (Wildman–Crippen MR) is 71.9 cm³/mol. The van der Waals surface area contributed by atoms with Crippen LogP contribution in [-0.4, -0.2) is 17.6 Å². The third-order valence-electron chi connectivity index (χ3n) is 2.97. The standard InChI is InChI=1S/C14H18O2S/c1-4-16-12-7-5-6-10-11(12)8-17-14(9(2)3)13(10)15/h5-7,9,14H,4,8H2,1-3H3. The molecule has 1 aromatic rings. The number of hydrogen-bond donors (Lipinski definition) is 0. The molecule has 0 aromatic heterocycles. The monoisotopic (exact) mass is 250 g/mol. The molecule has 0 radical (unpaired) electrons. The molecule has 0 N–H and O–H groups in total.